The minimum atomic E-state index is 0.143. The van der Waals surface area contributed by atoms with Gasteiger partial charge >= 0.3 is 0 Å². The van der Waals surface area contributed by atoms with E-state index in [1.165, 1.54) is 43.0 Å². The number of methoxy groups -OCH3 is 1. The number of aromatic nitrogens is 1. The predicted octanol–water partition coefficient (Wildman–Crippen LogP) is 6.42. The van der Waals surface area contributed by atoms with Crippen molar-refractivity contribution in [1.82, 2.24) is 4.98 Å². The number of hydrogen-bond donors (Lipinski definition) is 0. The first-order valence-corrected chi connectivity index (χ1v) is 12.4. The molecular formula is C26H33NO2S. The summed E-state index contributed by atoms with van der Waals surface area (Å²) in [7, 11) is 1.80. The van der Waals surface area contributed by atoms with Gasteiger partial charge in [0.15, 0.2) is 5.12 Å². The van der Waals surface area contributed by atoms with Crippen LogP contribution in [0.25, 0.3) is 0 Å². The molecule has 0 saturated heterocycles. The fourth-order valence-corrected chi connectivity index (χ4v) is 8.43. The minimum absolute atomic E-state index is 0.143. The minimum Gasteiger partial charge on any atom is -0.501 e. The molecule has 0 aromatic carbocycles. The second kappa shape index (κ2) is 7.55. The topological polar surface area (TPSA) is 39.2 Å². The van der Waals surface area contributed by atoms with Gasteiger partial charge in [-0.2, -0.15) is 0 Å². The van der Waals surface area contributed by atoms with Crippen LogP contribution in [-0.2, 0) is 9.53 Å². The Morgan fingerprint density at radius 3 is 2.80 bits per heavy atom. The lowest BCUT2D eigenvalue weighted by Gasteiger charge is -2.56. The predicted molar refractivity (Wildman–Crippen MR) is 121 cm³/mol. The van der Waals surface area contributed by atoms with E-state index in [1.807, 2.05) is 18.2 Å². The molecule has 30 heavy (non-hydrogen) atoms. The Balaban J connectivity index is 1.38. The van der Waals surface area contributed by atoms with Crippen LogP contribution in [0.2, 0.25) is 0 Å². The zero-order chi connectivity index (χ0) is 20.9. The molecule has 1 aromatic heterocycles. The van der Waals surface area contributed by atoms with Gasteiger partial charge in [-0.05, 0) is 103 Å². The van der Waals surface area contributed by atoms with Crippen molar-refractivity contribution in [3.8, 4) is 0 Å². The monoisotopic (exact) mass is 423 g/mol. The van der Waals surface area contributed by atoms with E-state index in [1.54, 1.807) is 13.3 Å². The van der Waals surface area contributed by atoms with Gasteiger partial charge in [0.2, 0.25) is 0 Å². The molecule has 1 aromatic rings. The Hall–Kier alpha value is -1.55. The van der Waals surface area contributed by atoms with E-state index in [9.17, 15) is 4.79 Å². The third-order valence-electron chi connectivity index (χ3n) is 9.12. The highest BCUT2D eigenvalue weighted by atomic mass is 32.2. The highest BCUT2D eigenvalue weighted by Crippen LogP contribution is 2.66. The van der Waals surface area contributed by atoms with Crippen molar-refractivity contribution < 1.29 is 9.53 Å². The largest absolute Gasteiger partial charge is 0.501 e. The van der Waals surface area contributed by atoms with Crippen LogP contribution in [-0.4, -0.2) is 17.2 Å². The van der Waals surface area contributed by atoms with Gasteiger partial charge in [0.05, 0.1) is 12.9 Å². The molecule has 3 nitrogen and oxygen atoms in total. The van der Waals surface area contributed by atoms with Crippen molar-refractivity contribution in [3.63, 3.8) is 0 Å². The first-order chi connectivity index (χ1) is 14.5. The first kappa shape index (κ1) is 20.4. The summed E-state index contributed by atoms with van der Waals surface area (Å²) < 4.78 is 5.57. The second-order valence-electron chi connectivity index (χ2n) is 10.3. The molecule has 0 unspecified atom stereocenters. The zero-order valence-electron chi connectivity index (χ0n) is 18.4. The van der Waals surface area contributed by atoms with Crippen molar-refractivity contribution in [2.24, 2.45) is 34.5 Å². The molecule has 0 amide bonds. The number of nitrogens with zero attached hydrogens (tertiary/aromatic N) is 1. The maximum Gasteiger partial charge on any atom is 0.198 e. The van der Waals surface area contributed by atoms with Crippen LogP contribution in [0.3, 0.4) is 0 Å². The van der Waals surface area contributed by atoms with Crippen LogP contribution in [0.1, 0.15) is 58.8 Å². The van der Waals surface area contributed by atoms with E-state index in [2.05, 4.69) is 31.0 Å². The van der Waals surface area contributed by atoms with Crippen molar-refractivity contribution >= 4 is 16.9 Å². The summed E-state index contributed by atoms with van der Waals surface area (Å²) >= 11 is 1.36. The molecule has 2 fully saturated rings. The third kappa shape index (κ3) is 3.09. The lowest BCUT2D eigenvalue weighted by Crippen LogP contribution is -2.49. The van der Waals surface area contributed by atoms with Gasteiger partial charge < -0.3 is 4.74 Å². The molecule has 0 bridgehead atoms. The van der Waals surface area contributed by atoms with E-state index in [0.29, 0.717) is 17.0 Å². The van der Waals surface area contributed by atoms with Gasteiger partial charge in [-0.1, -0.05) is 26.0 Å². The highest BCUT2D eigenvalue weighted by molar-refractivity contribution is 8.13. The average Bonchev–Trinajstić information content (AvgIpc) is 3.11. The van der Waals surface area contributed by atoms with Crippen LogP contribution in [0, 0.1) is 34.5 Å². The number of carbonyl (C=O) groups excluding carboxylic acids is 1. The molecule has 0 aliphatic heterocycles. The van der Waals surface area contributed by atoms with Crippen molar-refractivity contribution in [1.29, 1.82) is 0 Å². The first-order valence-electron chi connectivity index (χ1n) is 11.5. The Kier molecular flexibility index (Phi) is 5.12. The molecule has 4 heteroatoms. The summed E-state index contributed by atoms with van der Waals surface area (Å²) in [6, 6.07) is 5.82. The Labute approximate surface area is 184 Å². The number of hydrogen-bond acceptors (Lipinski definition) is 4. The van der Waals surface area contributed by atoms with Gasteiger partial charge in [-0.25, -0.2) is 4.98 Å². The van der Waals surface area contributed by atoms with Crippen LogP contribution < -0.4 is 0 Å². The quantitative estimate of drug-likeness (QED) is 0.526. The van der Waals surface area contributed by atoms with Gasteiger partial charge in [-0.15, -0.1) is 0 Å². The molecule has 1 heterocycles. The van der Waals surface area contributed by atoms with Crippen LogP contribution in [0.4, 0.5) is 0 Å². The van der Waals surface area contributed by atoms with Gasteiger partial charge in [0.25, 0.3) is 0 Å². The lowest BCUT2D eigenvalue weighted by molar-refractivity contribution is -0.120. The standard InChI is InChI=1S/C26H33NO2S/c1-25-13-11-18(29-3)16-17(25)7-8-19-20-9-10-22(26(20,2)14-12-21(19)25)24(28)30-23-6-4-5-15-27-23/h4-7,15-16,19-22H,8-14H2,1-3H3/t19-,20-,21-,22+,25-,26-/m0/s1. The van der Waals surface area contributed by atoms with Gasteiger partial charge in [-0.3, -0.25) is 4.79 Å². The van der Waals surface area contributed by atoms with E-state index in [0.717, 1.165) is 36.0 Å². The number of carbonyl (C=O) groups is 1. The Bertz CT molecular complexity index is 894. The van der Waals surface area contributed by atoms with E-state index in [4.69, 9.17) is 4.74 Å². The number of allylic oxidation sites excluding steroid dienone is 4. The van der Waals surface area contributed by atoms with Crippen molar-refractivity contribution in [3.05, 3.63) is 47.9 Å². The molecule has 0 spiro atoms. The van der Waals surface area contributed by atoms with Gasteiger partial charge in [0.1, 0.15) is 5.03 Å². The molecule has 4 aliphatic rings. The molecule has 0 N–H and O–H groups in total. The summed E-state index contributed by atoms with van der Waals surface area (Å²) in [5, 5.41) is 1.17. The summed E-state index contributed by atoms with van der Waals surface area (Å²) in [6.07, 6.45) is 14.7. The average molecular weight is 424 g/mol. The Morgan fingerprint density at radius 1 is 1.17 bits per heavy atom. The van der Waals surface area contributed by atoms with Crippen LogP contribution in [0.15, 0.2) is 52.9 Å². The number of fused-ring (bicyclic) bond motifs is 5. The molecular weight excluding hydrogens is 390 g/mol. The fourth-order valence-electron chi connectivity index (χ4n) is 7.43. The normalized spacial score (nSPS) is 39.8. The molecule has 160 valence electrons. The second-order valence-corrected chi connectivity index (χ2v) is 11.3. The maximum absolute atomic E-state index is 13.3. The molecule has 6 atom stereocenters. The van der Waals surface area contributed by atoms with Gasteiger partial charge in [0, 0.05) is 18.5 Å². The summed E-state index contributed by atoms with van der Waals surface area (Å²) in [6.45, 7) is 4.92. The van der Waals surface area contributed by atoms with Crippen LogP contribution in [0.5, 0.6) is 0 Å². The number of ether oxygens (including phenoxy) is 1. The summed E-state index contributed by atoms with van der Waals surface area (Å²) in [4.78, 5) is 17.7. The van der Waals surface area contributed by atoms with E-state index in [-0.39, 0.29) is 16.7 Å². The highest BCUT2D eigenvalue weighted by Gasteiger charge is 2.59. The molecule has 2 saturated carbocycles. The summed E-state index contributed by atoms with van der Waals surface area (Å²) in [5.41, 5.74) is 1.92. The van der Waals surface area contributed by atoms with E-state index < -0.39 is 0 Å². The number of rotatable bonds is 3. The fraction of sp³-hybridized carbons (Fsp3) is 0.615. The smallest absolute Gasteiger partial charge is 0.198 e. The SMILES string of the molecule is COC1=CC2=CC[C@H]3[C@@H]4CC[C@H](C(=O)Sc5ccccn5)[C@@]4(C)CC[C@@H]3[C@@]2(C)CC1. The molecule has 4 aliphatic carbocycles. The van der Waals surface area contributed by atoms with Crippen molar-refractivity contribution in [2.75, 3.05) is 7.11 Å². The zero-order valence-corrected chi connectivity index (χ0v) is 19.2. The number of pyridine rings is 1. The van der Waals surface area contributed by atoms with Crippen molar-refractivity contribution in [2.45, 2.75) is 63.8 Å². The lowest BCUT2D eigenvalue weighted by atomic mass is 9.48. The Morgan fingerprint density at radius 2 is 2.03 bits per heavy atom. The van der Waals surface area contributed by atoms with E-state index >= 15 is 0 Å². The summed E-state index contributed by atoms with van der Waals surface area (Å²) in [5.74, 6) is 3.42. The third-order valence-corrected chi connectivity index (χ3v) is 10.1. The number of thioether (sulfide) groups is 1. The maximum atomic E-state index is 13.3. The molecule has 0 radical (unpaired) electrons. The van der Waals surface area contributed by atoms with Crippen LogP contribution >= 0.6 is 11.8 Å². The molecule has 5 rings (SSSR count).